The molecule has 2 aromatic rings. The molecule has 1 saturated carbocycles. The fraction of sp³-hybridized carbons (Fsp3) is 0.688. The predicted octanol–water partition coefficient (Wildman–Crippen LogP) is 7.99. The first-order valence-corrected chi connectivity index (χ1v) is 15.9. The van der Waals surface area contributed by atoms with Gasteiger partial charge in [-0.25, -0.2) is 4.98 Å². The van der Waals surface area contributed by atoms with E-state index in [1.165, 1.54) is 51.9 Å². The van der Waals surface area contributed by atoms with Crippen LogP contribution < -0.4 is 10.1 Å². The van der Waals surface area contributed by atoms with E-state index in [2.05, 4.69) is 59.1 Å². The highest BCUT2D eigenvalue weighted by atomic mass is 79.9. The van der Waals surface area contributed by atoms with Crippen molar-refractivity contribution < 1.29 is 14.3 Å². The molecule has 7 nitrogen and oxygen atoms in total. The molecule has 0 saturated heterocycles. The van der Waals surface area contributed by atoms with E-state index in [-0.39, 0.29) is 11.9 Å². The second-order valence-electron chi connectivity index (χ2n) is 10.9. The van der Waals surface area contributed by atoms with E-state index < -0.39 is 0 Å². The van der Waals surface area contributed by atoms with Crippen molar-refractivity contribution in [2.45, 2.75) is 124 Å². The van der Waals surface area contributed by atoms with Gasteiger partial charge in [-0.15, -0.1) is 0 Å². The van der Waals surface area contributed by atoms with Crippen LogP contribution in [-0.4, -0.2) is 46.0 Å². The maximum absolute atomic E-state index is 11.5. The number of hydrogen-bond acceptors (Lipinski definition) is 6. The van der Waals surface area contributed by atoms with Gasteiger partial charge < -0.3 is 14.8 Å². The zero-order chi connectivity index (χ0) is 29.9. The smallest absolute Gasteiger partial charge is 0.216 e. The first-order chi connectivity index (χ1) is 19.2. The summed E-state index contributed by atoms with van der Waals surface area (Å²) in [6, 6.07) is 4.72. The number of aldehydes is 1. The van der Waals surface area contributed by atoms with Crippen LogP contribution in [0.15, 0.2) is 29.0 Å². The highest BCUT2D eigenvalue weighted by Gasteiger charge is 2.23. The van der Waals surface area contributed by atoms with Gasteiger partial charge in [-0.3, -0.25) is 9.48 Å². The maximum atomic E-state index is 11.5. The summed E-state index contributed by atoms with van der Waals surface area (Å²) in [5.41, 5.74) is 1.61. The van der Waals surface area contributed by atoms with Gasteiger partial charge in [0.05, 0.1) is 4.47 Å². The number of ketones is 1. The van der Waals surface area contributed by atoms with Gasteiger partial charge in [0.25, 0.3) is 0 Å². The Kier molecular flexibility index (Phi) is 18.7. The number of nitrogens with one attached hydrogen (secondary N) is 1. The Balaban J connectivity index is 0.000000449. The Labute approximate surface area is 251 Å². The summed E-state index contributed by atoms with van der Waals surface area (Å²) in [5.74, 6) is 2.35. The van der Waals surface area contributed by atoms with Crippen molar-refractivity contribution in [2.24, 2.45) is 11.8 Å². The van der Waals surface area contributed by atoms with Crippen molar-refractivity contribution in [3.63, 3.8) is 0 Å². The van der Waals surface area contributed by atoms with E-state index in [0.717, 1.165) is 60.0 Å². The van der Waals surface area contributed by atoms with Crippen LogP contribution in [0.2, 0.25) is 0 Å². The standard InChI is InChI=1S/C19H24BrN3O2.C11H25N.C2H4O/c1-13-4-3-10-21-19(13)25-16-7-5-15(6-8-16)9-11-23-12-17(20)18(22-23)14(2)24;1-5-7-11(12-4)9-8-10(3)6-2;1-2-3/h3-4,10,12,15-16H,5-9,11H2,1-2H3;10-12H,5-9H2,1-4H3;2H,1H3. The summed E-state index contributed by atoms with van der Waals surface area (Å²) in [6.07, 6.45) is 16.9. The fourth-order valence-corrected chi connectivity index (χ4v) is 5.42. The van der Waals surface area contributed by atoms with Crippen LogP contribution in [0.1, 0.15) is 115 Å². The number of hydrogen-bond donors (Lipinski definition) is 1. The molecular weight excluding hydrogens is 568 g/mol. The third-order valence-corrected chi connectivity index (χ3v) is 8.18. The third-order valence-electron chi connectivity index (χ3n) is 7.60. The van der Waals surface area contributed by atoms with Crippen LogP contribution in [0.5, 0.6) is 5.88 Å². The number of carbonyl (C=O) groups is 2. The average Bonchev–Trinajstić information content (AvgIpc) is 3.33. The van der Waals surface area contributed by atoms with Gasteiger partial charge in [0.2, 0.25) is 5.88 Å². The molecule has 2 heterocycles. The Morgan fingerprint density at radius 3 is 2.42 bits per heavy atom. The van der Waals surface area contributed by atoms with Gasteiger partial charge in [-0.2, -0.15) is 5.10 Å². The molecule has 0 aliphatic heterocycles. The van der Waals surface area contributed by atoms with Crippen molar-refractivity contribution in [1.82, 2.24) is 20.1 Å². The van der Waals surface area contributed by atoms with Gasteiger partial charge >= 0.3 is 0 Å². The largest absolute Gasteiger partial charge is 0.474 e. The fourth-order valence-electron chi connectivity index (χ4n) is 4.83. The van der Waals surface area contributed by atoms with Crippen molar-refractivity contribution >= 4 is 28.0 Å². The SMILES string of the molecule is CC(=O)c1nn(CCC2CCC(Oc3ncccc3C)CC2)cc1Br.CC=O.CCCC(CCC(C)CC)NC. The van der Waals surface area contributed by atoms with E-state index in [9.17, 15) is 4.79 Å². The van der Waals surface area contributed by atoms with Crippen LogP contribution >= 0.6 is 15.9 Å². The van der Waals surface area contributed by atoms with Crippen molar-refractivity contribution in [1.29, 1.82) is 0 Å². The number of halogens is 1. The minimum Gasteiger partial charge on any atom is -0.474 e. The van der Waals surface area contributed by atoms with Gasteiger partial charge in [0.1, 0.15) is 18.1 Å². The van der Waals surface area contributed by atoms with Gasteiger partial charge in [0, 0.05) is 37.5 Å². The monoisotopic (exact) mass is 620 g/mol. The Morgan fingerprint density at radius 2 is 1.90 bits per heavy atom. The lowest BCUT2D eigenvalue weighted by Gasteiger charge is -2.29. The van der Waals surface area contributed by atoms with E-state index >= 15 is 0 Å². The zero-order valence-electron chi connectivity index (χ0n) is 25.9. The molecule has 2 atom stereocenters. The highest BCUT2D eigenvalue weighted by Crippen LogP contribution is 2.30. The molecule has 1 aliphatic carbocycles. The maximum Gasteiger partial charge on any atom is 0.216 e. The number of aryl methyl sites for hydroxylation is 2. The lowest BCUT2D eigenvalue weighted by atomic mass is 9.85. The van der Waals surface area contributed by atoms with Gasteiger partial charge in [-0.1, -0.05) is 39.7 Å². The number of rotatable bonds is 13. The minimum atomic E-state index is -0.00639. The summed E-state index contributed by atoms with van der Waals surface area (Å²) in [4.78, 5) is 24.6. The normalized spacial score (nSPS) is 17.9. The van der Waals surface area contributed by atoms with E-state index in [1.54, 1.807) is 13.1 Å². The second-order valence-corrected chi connectivity index (χ2v) is 11.8. The molecule has 0 radical (unpaired) electrons. The summed E-state index contributed by atoms with van der Waals surface area (Å²) >= 11 is 3.40. The molecule has 226 valence electrons. The van der Waals surface area contributed by atoms with Gasteiger partial charge in [-0.05, 0) is 106 Å². The molecule has 3 rings (SSSR count). The van der Waals surface area contributed by atoms with Crippen molar-refractivity contribution in [3.8, 4) is 5.88 Å². The molecule has 8 heteroatoms. The molecule has 1 fully saturated rings. The van der Waals surface area contributed by atoms with Crippen LogP contribution in [0.3, 0.4) is 0 Å². The lowest BCUT2D eigenvalue weighted by Crippen LogP contribution is -2.25. The van der Waals surface area contributed by atoms with Crippen molar-refractivity contribution in [3.05, 3.63) is 40.3 Å². The molecule has 0 amide bonds. The van der Waals surface area contributed by atoms with Crippen LogP contribution in [-0.2, 0) is 11.3 Å². The molecular formula is C32H53BrN4O3. The first-order valence-electron chi connectivity index (χ1n) is 15.1. The second kappa shape index (κ2) is 20.8. The quantitative estimate of drug-likeness (QED) is 0.180. The number of carbonyl (C=O) groups excluding carboxylic acids is 2. The molecule has 40 heavy (non-hydrogen) atoms. The molecule has 1 N–H and O–H groups in total. The number of ether oxygens (including phenoxy) is 1. The number of pyridine rings is 1. The van der Waals surface area contributed by atoms with Crippen LogP contribution in [0.25, 0.3) is 0 Å². The molecule has 0 spiro atoms. The van der Waals surface area contributed by atoms with E-state index in [4.69, 9.17) is 9.53 Å². The Bertz CT molecular complexity index is 973. The summed E-state index contributed by atoms with van der Waals surface area (Å²) < 4.78 is 8.73. The predicted molar refractivity (Wildman–Crippen MR) is 168 cm³/mol. The lowest BCUT2D eigenvalue weighted by molar-refractivity contribution is -0.106. The Hall–Kier alpha value is -2.06. The van der Waals surface area contributed by atoms with Crippen molar-refractivity contribution in [2.75, 3.05) is 7.05 Å². The summed E-state index contributed by atoms with van der Waals surface area (Å²) in [5, 5.41) is 7.74. The number of nitrogens with zero attached hydrogens (tertiary/aromatic N) is 3. The number of aromatic nitrogens is 3. The summed E-state index contributed by atoms with van der Waals surface area (Å²) in [7, 11) is 2.08. The van der Waals surface area contributed by atoms with Crippen LogP contribution in [0, 0.1) is 18.8 Å². The van der Waals surface area contributed by atoms with E-state index in [0.29, 0.717) is 11.6 Å². The number of Topliss-reactive ketones (excluding diaryl/α,β-unsaturated/α-hetero) is 1. The topological polar surface area (TPSA) is 86.1 Å². The molecule has 0 bridgehead atoms. The molecule has 1 aliphatic rings. The third kappa shape index (κ3) is 14.0. The molecule has 2 aromatic heterocycles. The minimum absolute atomic E-state index is 0.00639. The highest BCUT2D eigenvalue weighted by molar-refractivity contribution is 9.10. The summed E-state index contributed by atoms with van der Waals surface area (Å²) in [6.45, 7) is 12.8. The van der Waals surface area contributed by atoms with E-state index in [1.807, 2.05) is 29.9 Å². The first kappa shape index (κ1) is 36.0. The van der Waals surface area contributed by atoms with Crippen LogP contribution in [0.4, 0.5) is 0 Å². The average molecular weight is 622 g/mol. The molecule has 2 unspecified atom stereocenters. The Morgan fingerprint density at radius 1 is 1.23 bits per heavy atom. The molecule has 0 aromatic carbocycles. The van der Waals surface area contributed by atoms with Gasteiger partial charge in [0.15, 0.2) is 5.78 Å². The zero-order valence-corrected chi connectivity index (χ0v) is 27.5.